The molecule has 2 heterocycles. The third kappa shape index (κ3) is 4.49. The van der Waals surface area contributed by atoms with Crippen LogP contribution in [0.4, 0.5) is 5.82 Å². The van der Waals surface area contributed by atoms with Gasteiger partial charge in [-0.1, -0.05) is 6.07 Å². The molecule has 6 heteroatoms. The van der Waals surface area contributed by atoms with Gasteiger partial charge in [0.2, 0.25) is 0 Å². The number of hydrogen-bond donors (Lipinski definition) is 2. The second-order valence-corrected chi connectivity index (χ2v) is 13.4. The van der Waals surface area contributed by atoms with Gasteiger partial charge in [-0.2, -0.15) is 0 Å². The lowest BCUT2D eigenvalue weighted by Crippen LogP contribution is -2.32. The van der Waals surface area contributed by atoms with Crippen molar-refractivity contribution in [2.45, 2.75) is 91.3 Å². The number of benzene rings is 1. The minimum atomic E-state index is -1.10. The second-order valence-electron chi connectivity index (χ2n) is 13.4. The Bertz CT molecular complexity index is 1250. The number of hydrogen-bond acceptors (Lipinski definition) is 5. The van der Waals surface area contributed by atoms with Crippen LogP contribution in [0.5, 0.6) is 5.75 Å². The molecule has 0 saturated heterocycles. The highest BCUT2D eigenvalue weighted by molar-refractivity contribution is 5.83. The lowest BCUT2D eigenvalue weighted by molar-refractivity contribution is -0.160. The average Bonchev–Trinajstić information content (AvgIpc) is 3.25. The van der Waals surface area contributed by atoms with Gasteiger partial charge in [0.15, 0.2) is 6.10 Å². The summed E-state index contributed by atoms with van der Waals surface area (Å²) in [6.45, 7) is 11.4. The predicted molar refractivity (Wildman–Crippen MR) is 149 cm³/mol. The van der Waals surface area contributed by atoms with Crippen molar-refractivity contribution in [1.29, 1.82) is 0 Å². The van der Waals surface area contributed by atoms with Crippen molar-refractivity contribution in [3.8, 4) is 16.9 Å². The van der Waals surface area contributed by atoms with Crippen LogP contribution in [0.15, 0.2) is 18.2 Å². The maximum Gasteiger partial charge on any atom is 0.337 e. The van der Waals surface area contributed by atoms with Gasteiger partial charge >= 0.3 is 5.97 Å². The van der Waals surface area contributed by atoms with Crippen molar-refractivity contribution >= 4 is 11.8 Å². The van der Waals surface area contributed by atoms with E-state index in [1.807, 2.05) is 46.8 Å². The van der Waals surface area contributed by atoms with Crippen molar-refractivity contribution in [1.82, 2.24) is 4.98 Å². The number of anilines is 1. The first-order valence-electron chi connectivity index (χ1n) is 14.4. The molecule has 6 nitrogen and oxygen atoms in total. The molecule has 7 rings (SSSR count). The summed E-state index contributed by atoms with van der Waals surface area (Å²) in [4.78, 5) is 17.8. The van der Waals surface area contributed by atoms with Crippen molar-refractivity contribution < 1.29 is 19.4 Å². The van der Waals surface area contributed by atoms with Crippen LogP contribution in [0.1, 0.15) is 87.8 Å². The summed E-state index contributed by atoms with van der Waals surface area (Å²) in [6, 6.07) is 6.20. The topological polar surface area (TPSA) is 80.7 Å². The fraction of sp³-hybridized carbons (Fsp3) is 0.625. The maximum absolute atomic E-state index is 12.7. The lowest BCUT2D eigenvalue weighted by Gasteiger charge is -2.34. The van der Waals surface area contributed by atoms with Crippen LogP contribution in [-0.2, 0) is 16.0 Å². The average molecular weight is 519 g/mol. The fourth-order valence-corrected chi connectivity index (χ4v) is 8.30. The van der Waals surface area contributed by atoms with Gasteiger partial charge in [-0.25, -0.2) is 9.78 Å². The summed E-state index contributed by atoms with van der Waals surface area (Å²) in [5.41, 5.74) is 5.13. The number of nitrogens with zero attached hydrogens (tertiary/aromatic N) is 1. The molecule has 0 radical (unpaired) electrons. The molecule has 38 heavy (non-hydrogen) atoms. The van der Waals surface area contributed by atoms with Crippen molar-refractivity contribution in [3.05, 3.63) is 40.6 Å². The van der Waals surface area contributed by atoms with Crippen molar-refractivity contribution in [3.63, 3.8) is 0 Å². The van der Waals surface area contributed by atoms with E-state index in [-0.39, 0.29) is 0 Å². The molecule has 0 spiro atoms. The van der Waals surface area contributed by atoms with Crippen molar-refractivity contribution in [2.75, 3.05) is 18.5 Å². The third-order valence-corrected chi connectivity index (χ3v) is 9.59. The van der Waals surface area contributed by atoms with Crippen LogP contribution in [0, 0.1) is 37.0 Å². The highest BCUT2D eigenvalue weighted by atomic mass is 16.5. The number of carbonyl (C=O) groups is 1. The minimum absolute atomic E-state index is 0.376. The quantitative estimate of drug-likeness (QED) is 0.416. The summed E-state index contributed by atoms with van der Waals surface area (Å²) < 4.78 is 12.1. The van der Waals surface area contributed by atoms with Crippen LogP contribution in [0.25, 0.3) is 11.1 Å². The molecule has 3 unspecified atom stereocenters. The zero-order valence-electron chi connectivity index (χ0n) is 23.5. The summed E-state index contributed by atoms with van der Waals surface area (Å²) in [6.07, 6.45) is 7.68. The second kappa shape index (κ2) is 9.25. The molecule has 4 saturated carbocycles. The Morgan fingerprint density at radius 2 is 1.95 bits per heavy atom. The molecular weight excluding hydrogens is 476 g/mol. The molecule has 4 bridgehead atoms. The van der Waals surface area contributed by atoms with Crippen LogP contribution < -0.4 is 10.1 Å². The van der Waals surface area contributed by atoms with E-state index < -0.39 is 17.7 Å². The summed E-state index contributed by atoms with van der Waals surface area (Å²) >= 11 is 0. The number of aromatic nitrogens is 1. The largest absolute Gasteiger partial charge is 0.493 e. The van der Waals surface area contributed by atoms with Crippen LogP contribution in [0.2, 0.25) is 0 Å². The minimum Gasteiger partial charge on any atom is -0.493 e. The number of carboxylic acids is 1. The van der Waals surface area contributed by atoms with E-state index in [0.717, 1.165) is 83.3 Å². The molecule has 2 N–H and O–H groups in total. The smallest absolute Gasteiger partial charge is 0.337 e. The monoisotopic (exact) mass is 518 g/mol. The molecule has 3 atom stereocenters. The Hall–Kier alpha value is -2.60. The number of nitrogens with one attached hydrogen (secondary N) is 1. The standard InChI is InChI=1S/C32H42N2O4/c1-18-26(28(30(35)36)38-31(3,4)5)27(23-8-9-25-22(14-23)7-6-10-37-25)19(2)34-29(18)33-17-32-15-20-11-21(16-32)13-24(32)12-20/h8-9,14,20-21,24,28H,6-7,10-13,15-17H2,1-5H3,(H,33,34)(H,35,36). The Labute approximate surface area is 226 Å². The van der Waals surface area contributed by atoms with E-state index in [1.165, 1.54) is 32.1 Å². The molecule has 5 aliphatic rings. The zero-order chi connectivity index (χ0) is 26.8. The molecule has 1 aromatic heterocycles. The van der Waals surface area contributed by atoms with Gasteiger partial charge in [-0.05, 0) is 132 Å². The first-order valence-corrected chi connectivity index (χ1v) is 14.4. The summed E-state index contributed by atoms with van der Waals surface area (Å²) in [5, 5.41) is 14.2. The van der Waals surface area contributed by atoms with Crippen LogP contribution >= 0.6 is 0 Å². The Morgan fingerprint density at radius 3 is 2.63 bits per heavy atom. The van der Waals surface area contributed by atoms with Gasteiger partial charge in [0.05, 0.1) is 12.2 Å². The normalized spacial score (nSPS) is 28.2. The number of aliphatic carboxylic acids is 1. The summed E-state index contributed by atoms with van der Waals surface area (Å²) in [7, 11) is 0. The number of fused-ring (bicyclic) bond motifs is 1. The van der Waals surface area contributed by atoms with Gasteiger partial charge in [0.1, 0.15) is 11.6 Å². The zero-order valence-corrected chi connectivity index (χ0v) is 23.5. The van der Waals surface area contributed by atoms with E-state index in [0.29, 0.717) is 11.0 Å². The molecular formula is C32H42N2O4. The Balaban J connectivity index is 1.42. The number of aryl methyl sites for hydroxylation is 2. The highest BCUT2D eigenvalue weighted by Crippen LogP contribution is 2.65. The first kappa shape index (κ1) is 25.7. The first-order chi connectivity index (χ1) is 18.0. The molecule has 204 valence electrons. The number of ether oxygens (including phenoxy) is 2. The van der Waals surface area contributed by atoms with E-state index in [4.69, 9.17) is 14.5 Å². The molecule has 1 aromatic carbocycles. The van der Waals surface area contributed by atoms with E-state index >= 15 is 0 Å². The number of carboxylic acid groups (broad SMARTS) is 1. The predicted octanol–water partition coefficient (Wildman–Crippen LogP) is 6.87. The number of pyridine rings is 1. The van der Waals surface area contributed by atoms with Crippen molar-refractivity contribution in [2.24, 2.45) is 23.2 Å². The number of rotatable bonds is 7. The van der Waals surface area contributed by atoms with Crippen LogP contribution in [0.3, 0.4) is 0 Å². The summed E-state index contributed by atoms with van der Waals surface area (Å²) in [5.74, 6) is 3.36. The van der Waals surface area contributed by atoms with Gasteiger partial charge < -0.3 is 19.9 Å². The molecule has 2 aromatic rings. The van der Waals surface area contributed by atoms with E-state index in [9.17, 15) is 9.90 Å². The highest BCUT2D eigenvalue weighted by Gasteiger charge is 2.57. The molecule has 4 fully saturated rings. The Kier molecular flexibility index (Phi) is 6.25. The maximum atomic E-state index is 12.7. The molecule has 0 amide bonds. The van der Waals surface area contributed by atoms with Gasteiger partial charge in [-0.15, -0.1) is 0 Å². The van der Waals surface area contributed by atoms with E-state index in [2.05, 4.69) is 11.4 Å². The van der Waals surface area contributed by atoms with Crippen LogP contribution in [-0.4, -0.2) is 34.8 Å². The fourth-order valence-electron chi connectivity index (χ4n) is 8.30. The lowest BCUT2D eigenvalue weighted by atomic mass is 9.75. The molecule has 1 aliphatic heterocycles. The third-order valence-electron chi connectivity index (χ3n) is 9.59. The van der Waals surface area contributed by atoms with Gasteiger partial charge in [0, 0.05) is 23.4 Å². The van der Waals surface area contributed by atoms with Gasteiger partial charge in [-0.3, -0.25) is 0 Å². The van der Waals surface area contributed by atoms with Gasteiger partial charge in [0.25, 0.3) is 0 Å². The SMILES string of the molecule is Cc1nc(NCC23CC4CC(CC2C4)C3)c(C)c(C(OC(C)(C)C)C(=O)O)c1-c1ccc2c(c1)CCCO2. The van der Waals surface area contributed by atoms with E-state index in [1.54, 1.807) is 0 Å². The molecule has 4 aliphatic carbocycles. The Morgan fingerprint density at radius 1 is 1.21 bits per heavy atom.